The number of benzene rings is 4. The third-order valence-electron chi connectivity index (χ3n) is 6.44. The van der Waals surface area contributed by atoms with Crippen LogP contribution in [0.15, 0.2) is 114 Å². The van der Waals surface area contributed by atoms with Crippen LogP contribution < -0.4 is 5.32 Å². The van der Waals surface area contributed by atoms with Gasteiger partial charge in [-0.3, -0.25) is 4.79 Å². The zero-order valence-electron chi connectivity index (χ0n) is 18.1. The summed E-state index contributed by atoms with van der Waals surface area (Å²) in [6.45, 7) is 0. The van der Waals surface area contributed by atoms with Gasteiger partial charge in [0.1, 0.15) is 0 Å². The summed E-state index contributed by atoms with van der Waals surface area (Å²) >= 11 is 1.76. The zero-order chi connectivity index (χ0) is 22.2. The number of thioether (sulfide) groups is 1. The van der Waals surface area contributed by atoms with E-state index in [2.05, 4.69) is 78.1 Å². The number of hydrogen-bond acceptors (Lipinski definition) is 3. The Balaban J connectivity index is 1.36. The third-order valence-corrected chi connectivity index (χ3v) is 7.79. The van der Waals surface area contributed by atoms with Crippen LogP contribution in [0.4, 0.5) is 5.69 Å². The van der Waals surface area contributed by atoms with Gasteiger partial charge in [-0.2, -0.15) is 0 Å². The van der Waals surface area contributed by atoms with Crippen LogP contribution in [-0.2, 0) is 12.8 Å². The summed E-state index contributed by atoms with van der Waals surface area (Å²) in [6, 6.07) is 35.7. The van der Waals surface area contributed by atoms with E-state index in [0.29, 0.717) is 0 Å². The van der Waals surface area contributed by atoms with Gasteiger partial charge in [-0.25, -0.2) is 0 Å². The van der Waals surface area contributed by atoms with Gasteiger partial charge in [0.2, 0.25) is 0 Å². The number of aryl methyl sites for hydroxylation is 2. The highest BCUT2D eigenvalue weighted by Gasteiger charge is 2.37. The Morgan fingerprint density at radius 2 is 1.30 bits per heavy atom. The van der Waals surface area contributed by atoms with Gasteiger partial charge in [-0.1, -0.05) is 91.0 Å². The van der Waals surface area contributed by atoms with E-state index in [4.69, 9.17) is 0 Å². The Morgan fingerprint density at radius 1 is 0.667 bits per heavy atom. The minimum absolute atomic E-state index is 0.0563. The first-order chi connectivity index (χ1) is 16.3. The van der Waals surface area contributed by atoms with Crippen molar-refractivity contribution >= 4 is 28.9 Å². The van der Waals surface area contributed by atoms with E-state index < -0.39 is 0 Å². The van der Waals surface area contributed by atoms with Gasteiger partial charge in [0.25, 0.3) is 0 Å². The number of ketones is 1. The van der Waals surface area contributed by atoms with Crippen LogP contribution in [0.1, 0.15) is 37.9 Å². The van der Waals surface area contributed by atoms with Gasteiger partial charge < -0.3 is 5.32 Å². The van der Waals surface area contributed by atoms with Crippen LogP contribution in [0.5, 0.6) is 0 Å². The summed E-state index contributed by atoms with van der Waals surface area (Å²) in [4.78, 5) is 14.7. The molecule has 160 valence electrons. The topological polar surface area (TPSA) is 29.1 Å². The molecule has 1 aliphatic heterocycles. The standard InChI is InChI=1S/C30H23NOS/c32-29-24-11-5-4-10-23(24)28-27(29)30(33-26-13-7-6-12-25(26)31-28)22-18-16-21(17-19-22)15-14-20-8-2-1-3-9-20/h1-13,16-19,30-31H,14-15H2/t30-/m0/s1. The number of anilines is 1. The maximum atomic E-state index is 13.5. The fourth-order valence-corrected chi connectivity index (χ4v) is 6.00. The zero-order valence-corrected chi connectivity index (χ0v) is 18.9. The van der Waals surface area contributed by atoms with E-state index >= 15 is 0 Å². The fraction of sp³-hybridized carbons (Fsp3) is 0.100. The van der Waals surface area contributed by atoms with Gasteiger partial charge in [0.15, 0.2) is 5.78 Å². The Kier molecular flexibility index (Phi) is 5.12. The maximum absolute atomic E-state index is 13.5. The molecule has 0 spiro atoms. The van der Waals surface area contributed by atoms with Gasteiger partial charge in [-0.15, -0.1) is 11.8 Å². The molecule has 6 rings (SSSR count). The molecule has 0 amide bonds. The number of hydrogen-bond donors (Lipinski definition) is 1. The third kappa shape index (κ3) is 3.69. The summed E-state index contributed by atoms with van der Waals surface area (Å²) in [5, 5.41) is 3.54. The van der Waals surface area contributed by atoms with Crippen molar-refractivity contribution in [1.29, 1.82) is 0 Å². The Hall–Kier alpha value is -3.56. The van der Waals surface area contributed by atoms with Crippen molar-refractivity contribution in [3.05, 3.63) is 137 Å². The lowest BCUT2D eigenvalue weighted by Crippen LogP contribution is -2.07. The molecule has 1 atom stereocenters. The van der Waals surface area contributed by atoms with Crippen molar-refractivity contribution in [3.63, 3.8) is 0 Å². The number of rotatable bonds is 4. The van der Waals surface area contributed by atoms with Gasteiger partial charge >= 0.3 is 0 Å². The molecule has 0 saturated carbocycles. The molecule has 0 bridgehead atoms. The molecule has 4 aromatic rings. The smallest absolute Gasteiger partial charge is 0.193 e. The molecule has 0 radical (unpaired) electrons. The lowest BCUT2D eigenvalue weighted by Gasteiger charge is -2.18. The van der Waals surface area contributed by atoms with Gasteiger partial charge in [-0.05, 0) is 41.7 Å². The van der Waals surface area contributed by atoms with E-state index in [0.717, 1.165) is 51.4 Å². The molecule has 4 aromatic carbocycles. The van der Waals surface area contributed by atoms with E-state index in [1.165, 1.54) is 11.1 Å². The van der Waals surface area contributed by atoms with Crippen LogP contribution in [0.25, 0.3) is 5.70 Å². The highest BCUT2D eigenvalue weighted by Crippen LogP contribution is 2.52. The molecule has 2 aliphatic rings. The summed E-state index contributed by atoms with van der Waals surface area (Å²) in [5.41, 5.74) is 8.49. The highest BCUT2D eigenvalue weighted by molar-refractivity contribution is 8.00. The first-order valence-corrected chi connectivity index (χ1v) is 12.2. The molecule has 0 fully saturated rings. The lowest BCUT2D eigenvalue weighted by atomic mass is 9.98. The highest BCUT2D eigenvalue weighted by atomic mass is 32.2. The molecule has 1 aliphatic carbocycles. The summed E-state index contributed by atoms with van der Waals surface area (Å²) in [7, 11) is 0. The number of Topliss-reactive ketones (excluding diaryl/α,β-unsaturated/α-hetero) is 1. The van der Waals surface area contributed by atoms with Crippen molar-refractivity contribution in [1.82, 2.24) is 0 Å². The summed E-state index contributed by atoms with van der Waals surface area (Å²) < 4.78 is 0. The van der Waals surface area contributed by atoms with Crippen molar-refractivity contribution in [3.8, 4) is 0 Å². The Bertz CT molecular complexity index is 1370. The SMILES string of the molecule is O=C1C2=C(Nc3ccccc3S[C@H]2c2ccc(CCc3ccccc3)cc2)c2ccccc21. The number of carbonyl (C=O) groups excluding carboxylic acids is 1. The Labute approximate surface area is 198 Å². The molecule has 3 heteroatoms. The van der Waals surface area contributed by atoms with Gasteiger partial charge in [0, 0.05) is 21.6 Å². The molecule has 1 N–H and O–H groups in total. The van der Waals surface area contributed by atoms with Crippen LogP contribution in [0.3, 0.4) is 0 Å². The van der Waals surface area contributed by atoms with E-state index in [-0.39, 0.29) is 11.0 Å². The van der Waals surface area contributed by atoms with Crippen LogP contribution in [-0.4, -0.2) is 5.78 Å². The quantitative estimate of drug-likeness (QED) is 0.356. The minimum atomic E-state index is -0.0563. The largest absolute Gasteiger partial charge is 0.354 e. The average molecular weight is 446 g/mol. The second-order valence-electron chi connectivity index (χ2n) is 8.51. The number of para-hydroxylation sites is 1. The van der Waals surface area contributed by atoms with E-state index in [1.54, 1.807) is 11.8 Å². The lowest BCUT2D eigenvalue weighted by molar-refractivity contribution is 0.103. The molecule has 1 heterocycles. The fourth-order valence-electron chi connectivity index (χ4n) is 4.71. The second-order valence-corrected chi connectivity index (χ2v) is 9.66. The first kappa shape index (κ1) is 20.1. The average Bonchev–Trinajstić information content (AvgIpc) is 3.03. The molecule has 0 saturated heterocycles. The predicted molar refractivity (Wildman–Crippen MR) is 137 cm³/mol. The van der Waals surface area contributed by atoms with Crippen LogP contribution in [0.2, 0.25) is 0 Å². The number of carbonyl (C=O) groups is 1. The summed E-state index contributed by atoms with van der Waals surface area (Å²) in [5.74, 6) is 0.131. The van der Waals surface area contributed by atoms with Crippen LogP contribution >= 0.6 is 11.8 Å². The first-order valence-electron chi connectivity index (χ1n) is 11.3. The van der Waals surface area contributed by atoms with E-state index in [1.807, 2.05) is 30.3 Å². The Morgan fingerprint density at radius 3 is 2.09 bits per heavy atom. The maximum Gasteiger partial charge on any atom is 0.193 e. The van der Waals surface area contributed by atoms with Gasteiger partial charge in [0.05, 0.1) is 16.6 Å². The molecule has 0 aromatic heterocycles. The molecule has 2 nitrogen and oxygen atoms in total. The van der Waals surface area contributed by atoms with Crippen molar-refractivity contribution < 1.29 is 4.79 Å². The van der Waals surface area contributed by atoms with Crippen LogP contribution in [0, 0.1) is 0 Å². The molecule has 0 unspecified atom stereocenters. The molecular weight excluding hydrogens is 422 g/mol. The number of nitrogens with one attached hydrogen (secondary N) is 1. The van der Waals surface area contributed by atoms with Crippen molar-refractivity contribution in [2.45, 2.75) is 23.0 Å². The molecule has 33 heavy (non-hydrogen) atoms. The minimum Gasteiger partial charge on any atom is -0.354 e. The number of fused-ring (bicyclic) bond motifs is 3. The second kappa shape index (κ2) is 8.42. The molecular formula is C30H23NOS. The van der Waals surface area contributed by atoms with Crippen molar-refractivity contribution in [2.75, 3.05) is 5.32 Å². The monoisotopic (exact) mass is 445 g/mol. The van der Waals surface area contributed by atoms with E-state index in [9.17, 15) is 4.79 Å². The predicted octanol–water partition coefficient (Wildman–Crippen LogP) is 7.34. The summed E-state index contributed by atoms with van der Waals surface area (Å²) in [6.07, 6.45) is 2.03. The van der Waals surface area contributed by atoms with Crippen molar-refractivity contribution in [2.24, 2.45) is 0 Å². The normalized spacial score (nSPS) is 16.5.